The molecule has 0 saturated heterocycles. The van der Waals surface area contributed by atoms with E-state index in [4.69, 9.17) is 5.11 Å². The van der Waals surface area contributed by atoms with E-state index in [1.54, 1.807) is 35.0 Å². The minimum absolute atomic E-state index is 0.308. The lowest BCUT2D eigenvalue weighted by Gasteiger charge is -2.04. The molecule has 16 heavy (non-hydrogen) atoms. The zero-order valence-electron chi connectivity index (χ0n) is 8.80. The topological polar surface area (TPSA) is 50.2 Å². The molecule has 0 aliphatic carbocycles. The van der Waals surface area contributed by atoms with Crippen LogP contribution in [0.2, 0.25) is 0 Å². The van der Waals surface area contributed by atoms with Crippen molar-refractivity contribution < 1.29 is 9.90 Å². The fourth-order valence-electron chi connectivity index (χ4n) is 1.62. The number of benzene rings is 1. The van der Waals surface area contributed by atoms with E-state index in [-0.39, 0.29) is 0 Å². The van der Waals surface area contributed by atoms with Crippen molar-refractivity contribution in [2.75, 3.05) is 0 Å². The van der Waals surface area contributed by atoms with Crippen molar-refractivity contribution in [3.05, 3.63) is 40.2 Å². The summed E-state index contributed by atoms with van der Waals surface area (Å²) in [5.74, 6) is -0.911. The maximum Gasteiger partial charge on any atom is 0.336 e. The Morgan fingerprint density at radius 1 is 1.44 bits per heavy atom. The Bertz CT molecular complexity index is 519. The van der Waals surface area contributed by atoms with E-state index < -0.39 is 5.97 Å². The summed E-state index contributed by atoms with van der Waals surface area (Å²) in [5, 5.41) is 9.10. The molecule has 0 unspecified atom stereocenters. The van der Waals surface area contributed by atoms with Crippen LogP contribution in [0, 0.1) is 0 Å². The number of nitrogens with zero attached hydrogens (tertiary/aromatic N) is 1. The van der Waals surface area contributed by atoms with E-state index >= 15 is 0 Å². The lowest BCUT2D eigenvalue weighted by atomic mass is 10.0. The first-order chi connectivity index (χ1) is 7.74. The monoisotopic (exact) mass is 233 g/mol. The Morgan fingerprint density at radius 3 is 2.88 bits per heavy atom. The van der Waals surface area contributed by atoms with Crippen LogP contribution in [0.4, 0.5) is 0 Å². The van der Waals surface area contributed by atoms with Crippen LogP contribution in [0.25, 0.3) is 11.3 Å². The summed E-state index contributed by atoms with van der Waals surface area (Å²) in [6, 6.07) is 6.97. The van der Waals surface area contributed by atoms with Gasteiger partial charge in [-0.3, -0.25) is 0 Å². The average Bonchev–Trinajstić information content (AvgIpc) is 2.76. The van der Waals surface area contributed by atoms with Crippen LogP contribution < -0.4 is 0 Å². The Balaban J connectivity index is 2.60. The van der Waals surface area contributed by atoms with Crippen LogP contribution in [0.5, 0.6) is 0 Å². The van der Waals surface area contributed by atoms with Gasteiger partial charge in [-0.15, -0.1) is 11.3 Å². The fraction of sp³-hybridized carbons (Fsp3) is 0.167. The highest BCUT2D eigenvalue weighted by molar-refractivity contribution is 7.10. The number of aromatic carboxylic acids is 1. The lowest BCUT2D eigenvalue weighted by Crippen LogP contribution is -2.00. The summed E-state index contributed by atoms with van der Waals surface area (Å²) in [6.07, 6.45) is 0.869. The van der Waals surface area contributed by atoms with Crippen LogP contribution in [0.3, 0.4) is 0 Å². The van der Waals surface area contributed by atoms with E-state index in [1.165, 1.54) is 0 Å². The van der Waals surface area contributed by atoms with Gasteiger partial charge < -0.3 is 5.11 Å². The Hall–Kier alpha value is -1.68. The number of carboxylic acids is 1. The average molecular weight is 233 g/mol. The second-order valence-corrected chi connectivity index (χ2v) is 4.27. The predicted molar refractivity (Wildman–Crippen MR) is 63.9 cm³/mol. The maximum atomic E-state index is 11.1. The van der Waals surface area contributed by atoms with E-state index in [9.17, 15) is 4.79 Å². The Morgan fingerprint density at radius 2 is 2.19 bits per heavy atom. The van der Waals surface area contributed by atoms with Crippen molar-refractivity contribution in [2.24, 2.45) is 0 Å². The molecule has 0 radical (unpaired) electrons. The number of hydrogen-bond acceptors (Lipinski definition) is 3. The van der Waals surface area contributed by atoms with Gasteiger partial charge in [-0.1, -0.05) is 25.1 Å². The van der Waals surface area contributed by atoms with Gasteiger partial charge >= 0.3 is 5.97 Å². The van der Waals surface area contributed by atoms with E-state index in [0.717, 1.165) is 17.0 Å². The molecule has 0 aliphatic rings. The number of rotatable bonds is 3. The zero-order chi connectivity index (χ0) is 11.5. The molecular weight excluding hydrogens is 222 g/mol. The SMILES string of the molecule is CCc1scnc1-c1ccccc1C(=O)O. The zero-order valence-corrected chi connectivity index (χ0v) is 9.62. The van der Waals surface area contributed by atoms with E-state index in [2.05, 4.69) is 4.98 Å². The highest BCUT2D eigenvalue weighted by Gasteiger charge is 2.14. The van der Waals surface area contributed by atoms with Gasteiger partial charge in [0.2, 0.25) is 0 Å². The fourth-order valence-corrected chi connectivity index (χ4v) is 2.34. The second-order valence-electron chi connectivity index (χ2n) is 3.33. The largest absolute Gasteiger partial charge is 0.478 e. The van der Waals surface area contributed by atoms with Crippen molar-refractivity contribution in [3.63, 3.8) is 0 Å². The molecule has 4 heteroatoms. The molecule has 0 bridgehead atoms. The standard InChI is InChI=1S/C12H11NO2S/c1-2-10-11(13-7-16-10)8-5-3-4-6-9(8)12(14)15/h3-7H,2H2,1H3,(H,14,15). The quantitative estimate of drug-likeness (QED) is 0.886. The van der Waals surface area contributed by atoms with Gasteiger partial charge in [0.15, 0.2) is 0 Å². The molecule has 1 aromatic heterocycles. The molecule has 0 atom stereocenters. The van der Waals surface area contributed by atoms with Crippen molar-refractivity contribution in [2.45, 2.75) is 13.3 Å². The molecule has 1 heterocycles. The second kappa shape index (κ2) is 4.45. The van der Waals surface area contributed by atoms with Crippen LogP contribution in [0.1, 0.15) is 22.2 Å². The van der Waals surface area contributed by atoms with Gasteiger partial charge in [-0.05, 0) is 12.5 Å². The number of aromatic nitrogens is 1. The molecule has 3 nitrogen and oxygen atoms in total. The summed E-state index contributed by atoms with van der Waals surface area (Å²) in [6.45, 7) is 2.04. The molecule has 0 aliphatic heterocycles. The molecule has 0 amide bonds. The smallest absolute Gasteiger partial charge is 0.336 e. The lowest BCUT2D eigenvalue weighted by molar-refractivity contribution is 0.0697. The molecular formula is C12H11NO2S. The Kier molecular flexibility index (Phi) is 3.01. The van der Waals surface area contributed by atoms with E-state index in [1.807, 2.05) is 13.0 Å². The minimum atomic E-state index is -0.911. The number of hydrogen-bond donors (Lipinski definition) is 1. The number of carboxylic acid groups (broad SMARTS) is 1. The predicted octanol–water partition coefficient (Wildman–Crippen LogP) is 3.07. The third-order valence-corrected chi connectivity index (χ3v) is 3.35. The first-order valence-corrected chi connectivity index (χ1v) is 5.87. The molecule has 82 valence electrons. The molecule has 2 aromatic rings. The third-order valence-electron chi connectivity index (χ3n) is 2.37. The van der Waals surface area contributed by atoms with Gasteiger partial charge in [0.05, 0.1) is 16.8 Å². The van der Waals surface area contributed by atoms with Crippen molar-refractivity contribution in [1.29, 1.82) is 0 Å². The van der Waals surface area contributed by atoms with Gasteiger partial charge in [0.25, 0.3) is 0 Å². The van der Waals surface area contributed by atoms with Crippen LogP contribution in [-0.4, -0.2) is 16.1 Å². The summed E-state index contributed by atoms with van der Waals surface area (Å²) in [5.41, 5.74) is 3.56. The van der Waals surface area contributed by atoms with E-state index in [0.29, 0.717) is 11.1 Å². The van der Waals surface area contributed by atoms with Gasteiger partial charge in [0, 0.05) is 10.4 Å². The Labute approximate surface area is 97.4 Å². The van der Waals surface area contributed by atoms with Crippen molar-refractivity contribution >= 4 is 17.3 Å². The molecule has 0 fully saturated rings. The molecule has 0 spiro atoms. The van der Waals surface area contributed by atoms with Gasteiger partial charge in [0.1, 0.15) is 0 Å². The summed E-state index contributed by atoms with van der Waals surface area (Å²) < 4.78 is 0. The number of aryl methyl sites for hydroxylation is 1. The van der Waals surface area contributed by atoms with Crippen LogP contribution in [0.15, 0.2) is 29.8 Å². The van der Waals surface area contributed by atoms with Crippen molar-refractivity contribution in [1.82, 2.24) is 4.98 Å². The molecule has 1 N–H and O–H groups in total. The number of carbonyl (C=O) groups is 1. The third kappa shape index (κ3) is 1.84. The molecule has 1 aromatic carbocycles. The van der Waals surface area contributed by atoms with Crippen LogP contribution in [-0.2, 0) is 6.42 Å². The highest BCUT2D eigenvalue weighted by atomic mass is 32.1. The normalized spacial score (nSPS) is 10.3. The minimum Gasteiger partial charge on any atom is -0.478 e. The summed E-state index contributed by atoms with van der Waals surface area (Å²) in [7, 11) is 0. The van der Waals surface area contributed by atoms with Gasteiger partial charge in [-0.25, -0.2) is 9.78 Å². The molecule has 0 saturated carbocycles. The first kappa shape index (κ1) is 10.8. The summed E-state index contributed by atoms with van der Waals surface area (Å²) in [4.78, 5) is 16.5. The highest BCUT2D eigenvalue weighted by Crippen LogP contribution is 2.28. The van der Waals surface area contributed by atoms with Crippen molar-refractivity contribution in [3.8, 4) is 11.3 Å². The first-order valence-electron chi connectivity index (χ1n) is 4.99. The summed E-state index contributed by atoms with van der Waals surface area (Å²) >= 11 is 1.56. The number of thiazole rings is 1. The molecule has 2 rings (SSSR count). The van der Waals surface area contributed by atoms with Crippen LogP contribution >= 0.6 is 11.3 Å². The maximum absolute atomic E-state index is 11.1. The van der Waals surface area contributed by atoms with Gasteiger partial charge in [-0.2, -0.15) is 0 Å².